The summed E-state index contributed by atoms with van der Waals surface area (Å²) in [5, 5.41) is 19.9. The van der Waals surface area contributed by atoms with Gasteiger partial charge in [-0.15, -0.1) is 0 Å². The molecule has 0 saturated heterocycles. The van der Waals surface area contributed by atoms with E-state index in [-0.39, 0.29) is 5.92 Å². The van der Waals surface area contributed by atoms with Gasteiger partial charge in [0.2, 0.25) is 0 Å². The number of fused-ring (bicyclic) bond motifs is 1. The van der Waals surface area contributed by atoms with E-state index in [2.05, 4.69) is 0 Å². The molecule has 0 saturated carbocycles. The fourth-order valence-corrected chi connectivity index (χ4v) is 2.58. The number of carbonyl (C=O) groups is 1. The van der Waals surface area contributed by atoms with Crippen LogP contribution in [0.2, 0.25) is 0 Å². The molecule has 20 heavy (non-hydrogen) atoms. The number of aliphatic hydroxyl groups is 1. The molecule has 0 fully saturated rings. The topological polar surface area (TPSA) is 60.8 Å². The van der Waals surface area contributed by atoms with E-state index in [0.29, 0.717) is 19.5 Å². The molecule has 1 aliphatic heterocycles. The predicted molar refractivity (Wildman–Crippen MR) is 77.4 cm³/mol. The highest BCUT2D eigenvalue weighted by Gasteiger charge is 2.36. The third kappa shape index (κ3) is 3.02. The minimum atomic E-state index is -0.889. The quantitative estimate of drug-likeness (QED) is 0.882. The minimum absolute atomic E-state index is 0.0779. The molecule has 0 aromatic heterocycles. The van der Waals surface area contributed by atoms with Gasteiger partial charge in [-0.2, -0.15) is 0 Å². The third-order valence-corrected chi connectivity index (χ3v) is 4.40. The second kappa shape index (κ2) is 5.54. The van der Waals surface area contributed by atoms with Crippen LogP contribution < -0.4 is 0 Å². The molecule has 1 aliphatic rings. The molecule has 1 heterocycles. The number of carboxylic acids is 1. The molecule has 4 heteroatoms. The predicted octanol–water partition coefficient (Wildman–Crippen LogP) is 1.90. The number of aliphatic carboxylic acids is 1. The second-order valence-corrected chi connectivity index (χ2v) is 6.24. The van der Waals surface area contributed by atoms with Crippen LogP contribution in [0.1, 0.15) is 31.9 Å². The fourth-order valence-electron chi connectivity index (χ4n) is 2.58. The number of nitrogens with zero attached hydrogens (tertiary/aromatic N) is 1. The SMILES string of the molecule is CC(C)C(C)(O)CN1Cc2ccccc2CC1C(=O)O. The molecule has 0 radical (unpaired) electrons. The molecule has 2 rings (SSSR count). The Labute approximate surface area is 120 Å². The Kier molecular flexibility index (Phi) is 4.16. The smallest absolute Gasteiger partial charge is 0.321 e. The molecule has 1 aromatic rings. The van der Waals surface area contributed by atoms with Gasteiger partial charge in [0.15, 0.2) is 0 Å². The Bertz CT molecular complexity index is 496. The normalized spacial score (nSPS) is 22.4. The van der Waals surface area contributed by atoms with E-state index in [1.54, 1.807) is 6.92 Å². The number of rotatable bonds is 4. The Hall–Kier alpha value is -1.39. The van der Waals surface area contributed by atoms with Gasteiger partial charge in [0.25, 0.3) is 0 Å². The van der Waals surface area contributed by atoms with Crippen LogP contribution in [0.4, 0.5) is 0 Å². The highest BCUT2D eigenvalue weighted by atomic mass is 16.4. The number of β-amino-alcohol motifs (C(OH)–C–C–N with tert-alkyl or cyclic N) is 1. The van der Waals surface area contributed by atoms with Gasteiger partial charge in [-0.05, 0) is 30.4 Å². The number of hydrogen-bond donors (Lipinski definition) is 2. The zero-order valence-electron chi connectivity index (χ0n) is 12.3. The second-order valence-electron chi connectivity index (χ2n) is 6.24. The summed E-state index contributed by atoms with van der Waals surface area (Å²) in [4.78, 5) is 13.4. The zero-order chi connectivity index (χ0) is 14.9. The van der Waals surface area contributed by atoms with Gasteiger partial charge in [0.1, 0.15) is 6.04 Å². The zero-order valence-corrected chi connectivity index (χ0v) is 12.3. The van der Waals surface area contributed by atoms with E-state index in [4.69, 9.17) is 0 Å². The van der Waals surface area contributed by atoms with Crippen molar-refractivity contribution in [2.45, 2.75) is 45.4 Å². The molecular formula is C16H23NO3. The Morgan fingerprint density at radius 1 is 1.40 bits per heavy atom. The first-order valence-electron chi connectivity index (χ1n) is 7.07. The lowest BCUT2D eigenvalue weighted by Gasteiger charge is -2.40. The number of hydrogen-bond acceptors (Lipinski definition) is 3. The van der Waals surface area contributed by atoms with Crippen molar-refractivity contribution in [2.75, 3.05) is 6.54 Å². The molecule has 0 amide bonds. The van der Waals surface area contributed by atoms with Crippen molar-refractivity contribution < 1.29 is 15.0 Å². The molecule has 0 spiro atoms. The van der Waals surface area contributed by atoms with Crippen molar-refractivity contribution >= 4 is 5.97 Å². The molecule has 0 aliphatic carbocycles. The molecule has 2 N–H and O–H groups in total. The highest BCUT2D eigenvalue weighted by Crippen LogP contribution is 2.27. The molecule has 110 valence electrons. The van der Waals surface area contributed by atoms with E-state index in [0.717, 1.165) is 11.1 Å². The van der Waals surface area contributed by atoms with E-state index < -0.39 is 17.6 Å². The van der Waals surface area contributed by atoms with Gasteiger partial charge in [-0.3, -0.25) is 9.69 Å². The Morgan fingerprint density at radius 2 is 2.00 bits per heavy atom. The monoisotopic (exact) mass is 277 g/mol. The summed E-state index contributed by atoms with van der Waals surface area (Å²) in [6.07, 6.45) is 0.500. The summed E-state index contributed by atoms with van der Waals surface area (Å²) in [7, 11) is 0. The summed E-state index contributed by atoms with van der Waals surface area (Å²) in [5.74, 6) is -0.742. The van der Waals surface area contributed by atoms with Crippen molar-refractivity contribution in [1.82, 2.24) is 4.90 Å². The van der Waals surface area contributed by atoms with Crippen LogP contribution in [0.3, 0.4) is 0 Å². The standard InChI is InChI=1S/C16H23NO3/c1-11(2)16(3,20)10-17-9-13-7-5-4-6-12(13)8-14(17)15(18)19/h4-7,11,14,20H,8-10H2,1-3H3,(H,18,19). The van der Waals surface area contributed by atoms with Crippen molar-refractivity contribution in [3.63, 3.8) is 0 Å². The van der Waals surface area contributed by atoms with Crippen LogP contribution in [0.15, 0.2) is 24.3 Å². The van der Waals surface area contributed by atoms with E-state index in [9.17, 15) is 15.0 Å². The van der Waals surface area contributed by atoms with Crippen molar-refractivity contribution in [1.29, 1.82) is 0 Å². The summed E-state index contributed by atoms with van der Waals surface area (Å²) in [5.41, 5.74) is 1.37. The van der Waals surface area contributed by atoms with Gasteiger partial charge in [0, 0.05) is 13.1 Å². The molecule has 0 bridgehead atoms. The Balaban J connectivity index is 2.25. The van der Waals surface area contributed by atoms with Crippen LogP contribution in [-0.4, -0.2) is 39.3 Å². The van der Waals surface area contributed by atoms with Crippen molar-refractivity contribution in [3.8, 4) is 0 Å². The highest BCUT2D eigenvalue weighted by molar-refractivity contribution is 5.74. The molecule has 2 atom stereocenters. The van der Waals surface area contributed by atoms with E-state index >= 15 is 0 Å². The molecule has 2 unspecified atom stereocenters. The first-order valence-corrected chi connectivity index (χ1v) is 7.07. The van der Waals surface area contributed by atoms with Gasteiger partial charge in [0.05, 0.1) is 5.60 Å². The molecule has 1 aromatic carbocycles. The van der Waals surface area contributed by atoms with Crippen LogP contribution in [0.5, 0.6) is 0 Å². The van der Waals surface area contributed by atoms with Crippen LogP contribution in [-0.2, 0) is 17.8 Å². The van der Waals surface area contributed by atoms with Gasteiger partial charge in [-0.25, -0.2) is 0 Å². The van der Waals surface area contributed by atoms with Gasteiger partial charge >= 0.3 is 5.97 Å². The van der Waals surface area contributed by atoms with Crippen molar-refractivity contribution in [3.05, 3.63) is 35.4 Å². The first kappa shape index (κ1) is 15.0. The fraction of sp³-hybridized carbons (Fsp3) is 0.562. The van der Waals surface area contributed by atoms with Crippen LogP contribution in [0.25, 0.3) is 0 Å². The summed E-state index contributed by atoms with van der Waals surface area (Å²) < 4.78 is 0. The summed E-state index contributed by atoms with van der Waals surface area (Å²) in [6.45, 7) is 6.63. The average Bonchev–Trinajstić information content (AvgIpc) is 2.37. The van der Waals surface area contributed by atoms with Crippen LogP contribution in [0, 0.1) is 5.92 Å². The lowest BCUT2D eigenvalue weighted by molar-refractivity contribution is -0.145. The molecular weight excluding hydrogens is 254 g/mol. The van der Waals surface area contributed by atoms with E-state index in [1.807, 2.05) is 43.0 Å². The number of carboxylic acid groups (broad SMARTS) is 1. The number of benzene rings is 1. The van der Waals surface area contributed by atoms with Gasteiger partial charge in [-0.1, -0.05) is 38.1 Å². The third-order valence-electron chi connectivity index (χ3n) is 4.40. The molecule has 4 nitrogen and oxygen atoms in total. The maximum atomic E-state index is 11.5. The largest absolute Gasteiger partial charge is 0.480 e. The Morgan fingerprint density at radius 3 is 2.55 bits per heavy atom. The van der Waals surface area contributed by atoms with Gasteiger partial charge < -0.3 is 10.2 Å². The summed E-state index contributed by atoms with van der Waals surface area (Å²) in [6, 6.07) is 7.37. The maximum Gasteiger partial charge on any atom is 0.321 e. The average molecular weight is 277 g/mol. The van der Waals surface area contributed by atoms with Crippen molar-refractivity contribution in [2.24, 2.45) is 5.92 Å². The maximum absolute atomic E-state index is 11.5. The summed E-state index contributed by atoms with van der Waals surface area (Å²) >= 11 is 0. The first-order chi connectivity index (χ1) is 9.31. The minimum Gasteiger partial charge on any atom is -0.480 e. The van der Waals surface area contributed by atoms with Crippen LogP contribution >= 0.6 is 0 Å². The lowest BCUT2D eigenvalue weighted by Crippen LogP contribution is -2.53. The lowest BCUT2D eigenvalue weighted by atomic mass is 9.88. The van der Waals surface area contributed by atoms with E-state index in [1.165, 1.54) is 0 Å².